The molecule has 0 aliphatic heterocycles. The average molecular weight is 194 g/mol. The van der Waals surface area contributed by atoms with Crippen LogP contribution in [0.2, 0.25) is 0 Å². The Kier molecular flexibility index (Phi) is 1.88. The lowest BCUT2D eigenvalue weighted by molar-refractivity contribution is 0.787. The van der Waals surface area contributed by atoms with Gasteiger partial charge in [-0.1, -0.05) is 54.1 Å². The Hall–Kier alpha value is -1.56. The van der Waals surface area contributed by atoms with Crippen LogP contribution >= 0.6 is 0 Å². The number of benzene rings is 1. The summed E-state index contributed by atoms with van der Waals surface area (Å²) in [6, 6.07) is 8.68. The van der Waals surface area contributed by atoms with Crippen LogP contribution in [-0.2, 0) is 0 Å². The maximum Gasteiger partial charge on any atom is 0.00894 e. The fraction of sp³-hybridized carbons (Fsp3) is 0.200. The van der Waals surface area contributed by atoms with Crippen molar-refractivity contribution < 1.29 is 0 Å². The van der Waals surface area contributed by atoms with Crippen molar-refractivity contribution in [3.05, 3.63) is 59.2 Å². The van der Waals surface area contributed by atoms with E-state index >= 15 is 0 Å². The molecule has 15 heavy (non-hydrogen) atoms. The van der Waals surface area contributed by atoms with Crippen LogP contribution in [0.5, 0.6) is 0 Å². The van der Waals surface area contributed by atoms with Crippen molar-refractivity contribution in [3.63, 3.8) is 0 Å². The first-order valence-corrected chi connectivity index (χ1v) is 5.50. The minimum absolute atomic E-state index is 0.616. The van der Waals surface area contributed by atoms with E-state index in [1.54, 1.807) is 0 Å². The topological polar surface area (TPSA) is 0 Å². The largest absolute Gasteiger partial charge is 0.0836 e. The lowest BCUT2D eigenvalue weighted by Gasteiger charge is -2.28. The smallest absolute Gasteiger partial charge is 0.00894 e. The molecule has 0 nitrogen and oxygen atoms in total. The fourth-order valence-corrected chi connectivity index (χ4v) is 2.57. The maximum atomic E-state index is 2.33. The second-order valence-electron chi connectivity index (χ2n) is 4.31. The van der Waals surface area contributed by atoms with Gasteiger partial charge in [-0.25, -0.2) is 0 Å². The first kappa shape index (κ1) is 8.72. The predicted octanol–water partition coefficient (Wildman–Crippen LogP) is 4.06. The Balaban J connectivity index is 2.25. The zero-order chi connectivity index (χ0) is 10.3. The molecule has 2 aliphatic rings. The van der Waals surface area contributed by atoms with Gasteiger partial charge in [0.2, 0.25) is 0 Å². The van der Waals surface area contributed by atoms with Crippen LogP contribution in [0.25, 0.3) is 11.6 Å². The predicted molar refractivity (Wildman–Crippen MR) is 65.3 cm³/mol. The van der Waals surface area contributed by atoms with Crippen LogP contribution in [0, 0.1) is 5.92 Å². The van der Waals surface area contributed by atoms with Gasteiger partial charge in [0.15, 0.2) is 0 Å². The van der Waals surface area contributed by atoms with E-state index in [-0.39, 0.29) is 0 Å². The van der Waals surface area contributed by atoms with Gasteiger partial charge in [-0.3, -0.25) is 0 Å². The van der Waals surface area contributed by atoms with Gasteiger partial charge in [-0.05, 0) is 30.0 Å². The third kappa shape index (κ3) is 1.29. The zero-order valence-corrected chi connectivity index (χ0v) is 8.90. The molecular weight excluding hydrogens is 180 g/mol. The molecule has 0 heterocycles. The number of rotatable bonds is 0. The Morgan fingerprint density at radius 2 is 2.07 bits per heavy atom. The van der Waals surface area contributed by atoms with Crippen molar-refractivity contribution in [2.24, 2.45) is 5.92 Å². The second kappa shape index (κ2) is 3.23. The Morgan fingerprint density at radius 1 is 1.20 bits per heavy atom. The van der Waals surface area contributed by atoms with E-state index in [4.69, 9.17) is 0 Å². The van der Waals surface area contributed by atoms with E-state index in [9.17, 15) is 0 Å². The fourth-order valence-electron chi connectivity index (χ4n) is 2.57. The minimum atomic E-state index is 0.616. The summed E-state index contributed by atoms with van der Waals surface area (Å²) in [5.74, 6) is 0.616. The summed E-state index contributed by atoms with van der Waals surface area (Å²) in [4.78, 5) is 0. The van der Waals surface area contributed by atoms with E-state index < -0.39 is 0 Å². The van der Waals surface area contributed by atoms with E-state index in [1.807, 2.05) is 0 Å². The number of hydrogen-bond acceptors (Lipinski definition) is 0. The van der Waals surface area contributed by atoms with E-state index in [0.29, 0.717) is 5.92 Å². The average Bonchev–Trinajstić information content (AvgIpc) is 2.30. The summed E-state index contributed by atoms with van der Waals surface area (Å²) in [5.41, 5.74) is 5.77. The van der Waals surface area contributed by atoms with Crippen LogP contribution in [0.15, 0.2) is 48.1 Å². The van der Waals surface area contributed by atoms with Gasteiger partial charge in [0, 0.05) is 5.92 Å². The van der Waals surface area contributed by atoms with Crippen LogP contribution in [0.1, 0.15) is 24.5 Å². The molecule has 0 aromatic heterocycles. The van der Waals surface area contributed by atoms with Gasteiger partial charge in [0.1, 0.15) is 0 Å². The van der Waals surface area contributed by atoms with Crippen molar-refractivity contribution >= 4 is 11.6 Å². The molecule has 0 bridgehead atoms. The van der Waals surface area contributed by atoms with Gasteiger partial charge < -0.3 is 0 Å². The minimum Gasteiger partial charge on any atom is -0.0836 e. The maximum absolute atomic E-state index is 2.33. The van der Waals surface area contributed by atoms with E-state index in [1.165, 1.54) is 22.3 Å². The molecule has 3 rings (SSSR count). The molecule has 1 unspecified atom stereocenters. The van der Waals surface area contributed by atoms with Gasteiger partial charge in [0.05, 0.1) is 0 Å². The molecule has 1 aromatic rings. The normalized spacial score (nSPS) is 22.6. The Morgan fingerprint density at radius 3 is 3.00 bits per heavy atom. The van der Waals surface area contributed by atoms with Crippen molar-refractivity contribution in [1.82, 2.24) is 0 Å². The summed E-state index contributed by atoms with van der Waals surface area (Å²) in [6.45, 7) is 2.24. The first-order valence-electron chi connectivity index (χ1n) is 5.50. The number of hydrogen-bond donors (Lipinski definition) is 0. The van der Waals surface area contributed by atoms with Gasteiger partial charge in [-0.15, -0.1) is 0 Å². The molecule has 0 radical (unpaired) electrons. The second-order valence-corrected chi connectivity index (χ2v) is 4.31. The highest BCUT2D eigenvalue weighted by Crippen LogP contribution is 2.40. The molecule has 0 amide bonds. The zero-order valence-electron chi connectivity index (χ0n) is 8.90. The third-order valence-electron chi connectivity index (χ3n) is 3.36. The third-order valence-corrected chi connectivity index (χ3v) is 3.36. The molecule has 0 fully saturated rings. The Bertz CT molecular complexity index is 487. The molecule has 1 atom stereocenters. The van der Waals surface area contributed by atoms with Crippen molar-refractivity contribution in [2.45, 2.75) is 13.3 Å². The molecule has 0 spiro atoms. The first-order chi connectivity index (χ1) is 7.36. The molecule has 0 saturated heterocycles. The van der Waals surface area contributed by atoms with Crippen molar-refractivity contribution in [3.8, 4) is 0 Å². The molecular formula is C15H14. The molecule has 1 aromatic carbocycles. The van der Waals surface area contributed by atoms with E-state index in [2.05, 4.69) is 55.5 Å². The molecule has 0 heteroatoms. The summed E-state index contributed by atoms with van der Waals surface area (Å²) < 4.78 is 0. The summed E-state index contributed by atoms with van der Waals surface area (Å²) >= 11 is 0. The Labute approximate surface area is 90.6 Å². The van der Waals surface area contributed by atoms with Crippen molar-refractivity contribution in [1.29, 1.82) is 0 Å². The van der Waals surface area contributed by atoms with Crippen molar-refractivity contribution in [2.75, 3.05) is 0 Å². The molecule has 2 aliphatic carbocycles. The van der Waals surface area contributed by atoms with Crippen LogP contribution in [-0.4, -0.2) is 0 Å². The standard InChI is InChI=1S/C15H14/c1-11-10-12-6-2-3-8-14(12)15-9-5-4-7-13(11)15/h2-6,8-10,13H,7H2,1H3. The van der Waals surface area contributed by atoms with E-state index in [0.717, 1.165) is 6.42 Å². The van der Waals surface area contributed by atoms with Crippen LogP contribution in [0.4, 0.5) is 0 Å². The van der Waals surface area contributed by atoms with Gasteiger partial charge >= 0.3 is 0 Å². The quantitative estimate of drug-likeness (QED) is 0.584. The summed E-state index contributed by atoms with van der Waals surface area (Å²) in [7, 11) is 0. The lowest BCUT2D eigenvalue weighted by atomic mass is 9.76. The number of fused-ring (bicyclic) bond motifs is 3. The molecule has 0 saturated carbocycles. The molecule has 0 N–H and O–H groups in total. The SMILES string of the molecule is CC1=Cc2ccccc2C2=CC=CCC12. The highest BCUT2D eigenvalue weighted by molar-refractivity contribution is 5.83. The lowest BCUT2D eigenvalue weighted by Crippen LogP contribution is -2.11. The summed E-state index contributed by atoms with van der Waals surface area (Å²) in [5, 5.41) is 0. The van der Waals surface area contributed by atoms with Gasteiger partial charge in [-0.2, -0.15) is 0 Å². The number of allylic oxidation sites excluding steroid dienone is 5. The van der Waals surface area contributed by atoms with Crippen LogP contribution < -0.4 is 0 Å². The molecule has 74 valence electrons. The monoisotopic (exact) mass is 194 g/mol. The summed E-state index contributed by atoms with van der Waals surface area (Å²) in [6.07, 6.45) is 10.2. The van der Waals surface area contributed by atoms with Gasteiger partial charge in [0.25, 0.3) is 0 Å². The van der Waals surface area contributed by atoms with Crippen LogP contribution in [0.3, 0.4) is 0 Å². The highest BCUT2D eigenvalue weighted by atomic mass is 14.3. The highest BCUT2D eigenvalue weighted by Gasteiger charge is 2.23.